The lowest BCUT2D eigenvalue weighted by Crippen LogP contribution is -2.40. The summed E-state index contributed by atoms with van der Waals surface area (Å²) in [6, 6.07) is 7.28. The van der Waals surface area contributed by atoms with Crippen LogP contribution in [0.25, 0.3) is 11.1 Å². The summed E-state index contributed by atoms with van der Waals surface area (Å²) in [4.78, 5) is 32.5. The van der Waals surface area contributed by atoms with Gasteiger partial charge >= 0.3 is 0 Å². The maximum atomic E-state index is 13.3. The van der Waals surface area contributed by atoms with Crippen LogP contribution in [0.15, 0.2) is 33.6 Å². The van der Waals surface area contributed by atoms with Crippen LogP contribution in [0.3, 0.4) is 0 Å². The van der Waals surface area contributed by atoms with Crippen LogP contribution >= 0.6 is 0 Å². The van der Waals surface area contributed by atoms with Crippen LogP contribution in [-0.4, -0.2) is 27.2 Å². The van der Waals surface area contributed by atoms with Gasteiger partial charge in [0.1, 0.15) is 17.3 Å². The average molecular weight is 352 g/mol. The predicted octanol–water partition coefficient (Wildman–Crippen LogP) is 2.54. The molecule has 1 aliphatic rings. The molecule has 1 amide bonds. The van der Waals surface area contributed by atoms with Crippen LogP contribution in [0.5, 0.6) is 0 Å². The van der Waals surface area contributed by atoms with Gasteiger partial charge in [0.05, 0.1) is 5.69 Å². The molecular formula is C19H20N4O3. The van der Waals surface area contributed by atoms with Gasteiger partial charge in [0.2, 0.25) is 5.91 Å². The van der Waals surface area contributed by atoms with E-state index in [1.165, 1.54) is 4.57 Å². The van der Waals surface area contributed by atoms with Crippen LogP contribution in [0.1, 0.15) is 36.5 Å². The Balaban J connectivity index is 1.81. The van der Waals surface area contributed by atoms with E-state index >= 15 is 0 Å². The van der Waals surface area contributed by atoms with Crippen LogP contribution in [0.4, 0.5) is 5.69 Å². The maximum Gasteiger partial charge on any atom is 0.267 e. The summed E-state index contributed by atoms with van der Waals surface area (Å²) in [6.07, 6.45) is 1.32. The highest BCUT2D eigenvalue weighted by Crippen LogP contribution is 2.30. The first kappa shape index (κ1) is 16.5. The molecule has 7 nitrogen and oxygen atoms in total. The fraction of sp³-hybridized carbons (Fsp3) is 0.368. The number of anilines is 1. The molecule has 0 saturated carbocycles. The molecule has 1 atom stereocenters. The number of amides is 1. The summed E-state index contributed by atoms with van der Waals surface area (Å²) in [5, 5.41) is 4.17. The highest BCUT2D eigenvalue weighted by Gasteiger charge is 2.32. The molecule has 0 fully saturated rings. The molecule has 0 saturated heterocycles. The number of fused-ring (bicyclic) bond motifs is 2. The Kier molecular flexibility index (Phi) is 3.86. The molecule has 0 radical (unpaired) electrons. The average Bonchev–Trinajstić information content (AvgIpc) is 3.22. The van der Waals surface area contributed by atoms with E-state index in [1.54, 1.807) is 18.7 Å². The molecule has 3 heterocycles. The van der Waals surface area contributed by atoms with Gasteiger partial charge in [-0.3, -0.25) is 14.2 Å². The minimum Gasteiger partial charge on any atom is -0.335 e. The van der Waals surface area contributed by atoms with Crippen LogP contribution in [0, 0.1) is 13.8 Å². The molecule has 3 aromatic rings. The van der Waals surface area contributed by atoms with Crippen LogP contribution in [-0.2, 0) is 11.2 Å². The largest absolute Gasteiger partial charge is 0.335 e. The van der Waals surface area contributed by atoms with Gasteiger partial charge < -0.3 is 9.42 Å². The molecule has 26 heavy (non-hydrogen) atoms. The van der Waals surface area contributed by atoms with Gasteiger partial charge in [0, 0.05) is 12.2 Å². The number of benzene rings is 1. The van der Waals surface area contributed by atoms with Crippen molar-refractivity contribution in [3.63, 3.8) is 0 Å². The fourth-order valence-corrected chi connectivity index (χ4v) is 3.73. The summed E-state index contributed by atoms with van der Waals surface area (Å²) in [6.45, 7) is 5.95. The van der Waals surface area contributed by atoms with Crippen molar-refractivity contribution in [1.82, 2.24) is 14.7 Å². The molecule has 7 heteroatoms. The Morgan fingerprint density at radius 2 is 2.08 bits per heavy atom. The Hall–Kier alpha value is -2.96. The molecule has 4 rings (SSSR count). The molecule has 1 aliphatic heterocycles. The zero-order chi connectivity index (χ0) is 18.4. The first-order valence-corrected chi connectivity index (χ1v) is 8.77. The van der Waals surface area contributed by atoms with Gasteiger partial charge in [0.25, 0.3) is 11.3 Å². The van der Waals surface area contributed by atoms with Crippen molar-refractivity contribution in [3.05, 3.63) is 51.7 Å². The van der Waals surface area contributed by atoms with Crippen molar-refractivity contribution in [1.29, 1.82) is 0 Å². The van der Waals surface area contributed by atoms with Gasteiger partial charge in [-0.15, -0.1) is 0 Å². The van der Waals surface area contributed by atoms with E-state index in [4.69, 9.17) is 4.52 Å². The highest BCUT2D eigenvalue weighted by atomic mass is 16.5. The Labute approximate surface area is 150 Å². The number of carbonyl (C=O) groups excluding carboxylic acids is 1. The second-order valence-electron chi connectivity index (χ2n) is 6.57. The van der Waals surface area contributed by atoms with Gasteiger partial charge in [0.15, 0.2) is 0 Å². The zero-order valence-corrected chi connectivity index (χ0v) is 15.0. The second-order valence-corrected chi connectivity index (χ2v) is 6.57. The summed E-state index contributed by atoms with van der Waals surface area (Å²) in [5.74, 6) is 0.365. The molecule has 0 spiro atoms. The number of aryl methyl sites for hydroxylation is 2. The van der Waals surface area contributed by atoms with Gasteiger partial charge in [-0.1, -0.05) is 30.3 Å². The summed E-state index contributed by atoms with van der Waals surface area (Å²) < 4.78 is 6.60. The predicted molar refractivity (Wildman–Crippen MR) is 97.4 cm³/mol. The quantitative estimate of drug-likeness (QED) is 0.723. The van der Waals surface area contributed by atoms with E-state index < -0.39 is 6.04 Å². The van der Waals surface area contributed by atoms with Crippen molar-refractivity contribution in [2.75, 3.05) is 11.4 Å². The molecule has 2 aromatic heterocycles. The Morgan fingerprint density at radius 3 is 2.85 bits per heavy atom. The normalized spacial score (nSPS) is 14.7. The molecule has 1 aromatic carbocycles. The van der Waals surface area contributed by atoms with E-state index in [2.05, 4.69) is 10.1 Å². The number of nitrogens with zero attached hydrogens (tertiary/aromatic N) is 4. The molecule has 1 unspecified atom stereocenters. The monoisotopic (exact) mass is 352 g/mol. The van der Waals surface area contributed by atoms with E-state index in [-0.39, 0.29) is 17.2 Å². The summed E-state index contributed by atoms with van der Waals surface area (Å²) in [5.41, 5.74) is 2.51. The minimum absolute atomic E-state index is 0.0853. The lowest BCUT2D eigenvalue weighted by Gasteiger charge is -2.25. The van der Waals surface area contributed by atoms with E-state index in [1.807, 2.05) is 31.2 Å². The van der Waals surface area contributed by atoms with Crippen LogP contribution in [0.2, 0.25) is 0 Å². The van der Waals surface area contributed by atoms with Gasteiger partial charge in [-0.05, 0) is 38.3 Å². The third-order valence-electron chi connectivity index (χ3n) is 5.03. The number of hydrogen-bond donors (Lipinski definition) is 0. The SMILES string of the molecule is CCC(C(=O)N1CCc2ccccc21)n1c(C)nc2onc(C)c2c1=O. The number of para-hydroxylation sites is 1. The fourth-order valence-electron chi connectivity index (χ4n) is 3.73. The smallest absolute Gasteiger partial charge is 0.267 e. The number of hydrogen-bond acceptors (Lipinski definition) is 5. The summed E-state index contributed by atoms with van der Waals surface area (Å²) >= 11 is 0. The topological polar surface area (TPSA) is 81.2 Å². The lowest BCUT2D eigenvalue weighted by atomic mass is 10.1. The molecule has 0 N–H and O–H groups in total. The molecule has 0 bridgehead atoms. The first-order chi connectivity index (χ1) is 12.5. The lowest BCUT2D eigenvalue weighted by molar-refractivity contribution is -0.121. The zero-order valence-electron chi connectivity index (χ0n) is 15.0. The Morgan fingerprint density at radius 1 is 1.31 bits per heavy atom. The minimum atomic E-state index is -0.611. The van der Waals surface area contributed by atoms with E-state index in [9.17, 15) is 9.59 Å². The van der Waals surface area contributed by atoms with Crippen molar-refractivity contribution in [3.8, 4) is 0 Å². The number of aromatic nitrogens is 3. The summed E-state index contributed by atoms with van der Waals surface area (Å²) in [7, 11) is 0. The van der Waals surface area contributed by atoms with Crippen molar-refractivity contribution in [2.45, 2.75) is 39.7 Å². The second kappa shape index (κ2) is 6.09. The van der Waals surface area contributed by atoms with Crippen LogP contribution < -0.4 is 10.5 Å². The maximum absolute atomic E-state index is 13.3. The number of rotatable bonds is 3. The van der Waals surface area contributed by atoms with Gasteiger partial charge in [-0.2, -0.15) is 4.98 Å². The van der Waals surface area contributed by atoms with E-state index in [0.29, 0.717) is 29.9 Å². The van der Waals surface area contributed by atoms with Gasteiger partial charge in [-0.25, -0.2) is 0 Å². The molecule has 134 valence electrons. The Bertz CT molecular complexity index is 1070. The highest BCUT2D eigenvalue weighted by molar-refractivity contribution is 5.98. The van der Waals surface area contributed by atoms with Crippen molar-refractivity contribution in [2.24, 2.45) is 0 Å². The van der Waals surface area contributed by atoms with Crippen molar-refractivity contribution < 1.29 is 9.32 Å². The first-order valence-electron chi connectivity index (χ1n) is 8.77. The number of carbonyl (C=O) groups is 1. The van der Waals surface area contributed by atoms with Crippen molar-refractivity contribution >= 4 is 22.7 Å². The third kappa shape index (κ3) is 2.34. The molecular weight excluding hydrogens is 332 g/mol. The van der Waals surface area contributed by atoms with E-state index in [0.717, 1.165) is 17.7 Å². The molecule has 0 aliphatic carbocycles. The standard InChI is InChI=1S/C19H20N4O3/c1-4-14(18(24)22-10-9-13-7-5-6-8-15(13)22)23-12(3)20-17-16(19(23)25)11(2)21-26-17/h5-8,14H,4,9-10H2,1-3H3. The third-order valence-corrected chi connectivity index (χ3v) is 5.03.